The van der Waals surface area contributed by atoms with Gasteiger partial charge in [0.1, 0.15) is 6.33 Å². The van der Waals surface area contributed by atoms with Crippen LogP contribution in [0, 0.1) is 13.8 Å². The quantitative estimate of drug-likeness (QED) is 0.662. The lowest BCUT2D eigenvalue weighted by Crippen LogP contribution is -2.47. The van der Waals surface area contributed by atoms with E-state index in [1.54, 1.807) is 6.33 Å². The summed E-state index contributed by atoms with van der Waals surface area (Å²) in [5.41, 5.74) is 3.75. The molecular weight excluding hydrogens is 368 g/mol. The molecule has 1 atom stereocenters. The van der Waals surface area contributed by atoms with E-state index in [4.69, 9.17) is 4.74 Å². The molecule has 0 aliphatic carbocycles. The molecule has 2 fully saturated rings. The molecule has 9 nitrogen and oxygen atoms in total. The van der Waals surface area contributed by atoms with Crippen LogP contribution in [0.4, 0.5) is 11.8 Å². The van der Waals surface area contributed by atoms with Crippen LogP contribution in [0.2, 0.25) is 0 Å². The predicted molar refractivity (Wildman–Crippen MR) is 110 cm³/mol. The zero-order chi connectivity index (χ0) is 19.8. The Morgan fingerprint density at radius 3 is 2.48 bits per heavy atom. The van der Waals surface area contributed by atoms with E-state index in [9.17, 15) is 0 Å². The lowest BCUT2D eigenvalue weighted by molar-refractivity contribution is 0.0978. The van der Waals surface area contributed by atoms with Gasteiger partial charge < -0.3 is 19.1 Å². The number of aryl methyl sites for hydroxylation is 2. The van der Waals surface area contributed by atoms with Crippen LogP contribution in [0.1, 0.15) is 24.2 Å². The van der Waals surface area contributed by atoms with Gasteiger partial charge in [0.05, 0.1) is 19.0 Å². The van der Waals surface area contributed by atoms with Crippen molar-refractivity contribution in [1.82, 2.24) is 29.5 Å². The second-order valence-electron chi connectivity index (χ2n) is 7.83. The number of imidazole rings is 1. The topological polar surface area (TPSA) is 85.1 Å². The predicted octanol–water partition coefficient (Wildman–Crippen LogP) is 1.74. The zero-order valence-electron chi connectivity index (χ0n) is 17.0. The standard InChI is InChI=1S/C20H26N8O/c1-14-10-15(2)25-20(24-14)27-7-5-26(6-8-27)18-17-19(22-12-21-18)28(13-23-17)11-16-4-3-9-29-16/h10,12-13,16H,3-9,11H2,1-2H3. The summed E-state index contributed by atoms with van der Waals surface area (Å²) in [7, 11) is 0. The lowest BCUT2D eigenvalue weighted by atomic mass is 10.2. The van der Waals surface area contributed by atoms with Crippen LogP contribution in [-0.2, 0) is 11.3 Å². The van der Waals surface area contributed by atoms with Gasteiger partial charge in [-0.3, -0.25) is 0 Å². The van der Waals surface area contributed by atoms with E-state index in [1.807, 2.05) is 26.2 Å². The number of anilines is 2. The highest BCUT2D eigenvalue weighted by Gasteiger charge is 2.24. The van der Waals surface area contributed by atoms with Gasteiger partial charge in [-0.15, -0.1) is 0 Å². The van der Waals surface area contributed by atoms with Crippen LogP contribution in [0.3, 0.4) is 0 Å². The number of rotatable bonds is 4. The third-order valence-electron chi connectivity index (χ3n) is 5.64. The first-order valence-corrected chi connectivity index (χ1v) is 10.3. The highest BCUT2D eigenvalue weighted by molar-refractivity contribution is 5.83. The Morgan fingerprint density at radius 2 is 1.76 bits per heavy atom. The Kier molecular flexibility index (Phi) is 4.75. The monoisotopic (exact) mass is 394 g/mol. The van der Waals surface area contributed by atoms with Crippen LogP contribution in [0.15, 0.2) is 18.7 Å². The number of piperazine rings is 1. The van der Waals surface area contributed by atoms with Gasteiger partial charge in [0.25, 0.3) is 0 Å². The summed E-state index contributed by atoms with van der Waals surface area (Å²) >= 11 is 0. The molecule has 2 aliphatic heterocycles. The fourth-order valence-electron chi connectivity index (χ4n) is 4.21. The second-order valence-corrected chi connectivity index (χ2v) is 7.83. The third kappa shape index (κ3) is 3.62. The maximum Gasteiger partial charge on any atom is 0.225 e. The minimum absolute atomic E-state index is 0.257. The first-order chi connectivity index (χ1) is 14.2. The summed E-state index contributed by atoms with van der Waals surface area (Å²) in [5.74, 6) is 1.72. The molecule has 0 aromatic carbocycles. The Balaban J connectivity index is 1.33. The smallest absolute Gasteiger partial charge is 0.225 e. The van der Waals surface area contributed by atoms with E-state index in [0.29, 0.717) is 0 Å². The number of hydrogen-bond donors (Lipinski definition) is 0. The van der Waals surface area contributed by atoms with Crippen LogP contribution in [0.5, 0.6) is 0 Å². The van der Waals surface area contributed by atoms with Crippen molar-refractivity contribution in [2.24, 2.45) is 0 Å². The number of nitrogens with zero attached hydrogens (tertiary/aromatic N) is 8. The number of aromatic nitrogens is 6. The summed E-state index contributed by atoms with van der Waals surface area (Å²) < 4.78 is 7.87. The molecule has 0 radical (unpaired) electrons. The van der Waals surface area contributed by atoms with Crippen molar-refractivity contribution in [2.45, 2.75) is 39.3 Å². The molecule has 2 saturated heterocycles. The van der Waals surface area contributed by atoms with Gasteiger partial charge in [-0.25, -0.2) is 24.9 Å². The van der Waals surface area contributed by atoms with Crippen LogP contribution >= 0.6 is 0 Å². The summed E-state index contributed by atoms with van der Waals surface area (Å²) in [6.07, 6.45) is 5.99. The molecule has 3 aromatic heterocycles. The second kappa shape index (κ2) is 7.55. The number of hydrogen-bond acceptors (Lipinski definition) is 8. The molecular formula is C20H26N8O. The van der Waals surface area contributed by atoms with Gasteiger partial charge in [0.2, 0.25) is 5.95 Å². The van der Waals surface area contributed by atoms with E-state index in [-0.39, 0.29) is 6.10 Å². The van der Waals surface area contributed by atoms with Gasteiger partial charge >= 0.3 is 0 Å². The van der Waals surface area contributed by atoms with Crippen molar-refractivity contribution in [2.75, 3.05) is 42.6 Å². The molecule has 152 valence electrons. The minimum Gasteiger partial charge on any atom is -0.376 e. The molecule has 0 N–H and O–H groups in total. The molecule has 9 heteroatoms. The lowest BCUT2D eigenvalue weighted by Gasteiger charge is -2.35. The van der Waals surface area contributed by atoms with Crippen molar-refractivity contribution in [1.29, 1.82) is 0 Å². The molecule has 0 bridgehead atoms. The van der Waals surface area contributed by atoms with Gasteiger partial charge in [-0.05, 0) is 32.8 Å². The first kappa shape index (κ1) is 18.2. The van der Waals surface area contributed by atoms with Crippen molar-refractivity contribution in [3.63, 3.8) is 0 Å². The average Bonchev–Trinajstić information content (AvgIpc) is 3.38. The molecule has 0 amide bonds. The van der Waals surface area contributed by atoms with Gasteiger partial charge in [-0.2, -0.15) is 0 Å². The van der Waals surface area contributed by atoms with Crippen LogP contribution in [-0.4, -0.2) is 68.4 Å². The Morgan fingerprint density at radius 1 is 1.00 bits per heavy atom. The number of fused-ring (bicyclic) bond motifs is 1. The van der Waals surface area contributed by atoms with Crippen LogP contribution in [0.25, 0.3) is 11.2 Å². The molecule has 0 saturated carbocycles. The SMILES string of the molecule is Cc1cc(C)nc(N2CCN(c3ncnc4c3ncn4CC3CCCO3)CC2)n1. The molecule has 5 rings (SSSR count). The van der Waals surface area contributed by atoms with E-state index in [2.05, 4.69) is 39.3 Å². The molecule has 0 spiro atoms. The van der Waals surface area contributed by atoms with Crippen molar-refractivity contribution < 1.29 is 4.74 Å². The molecule has 1 unspecified atom stereocenters. The van der Waals surface area contributed by atoms with Gasteiger partial charge in [0.15, 0.2) is 17.0 Å². The normalized spacial score (nSPS) is 20.0. The van der Waals surface area contributed by atoms with Crippen molar-refractivity contribution >= 4 is 22.9 Å². The first-order valence-electron chi connectivity index (χ1n) is 10.3. The Hall–Kier alpha value is -2.81. The minimum atomic E-state index is 0.257. The Bertz CT molecular complexity index is 985. The summed E-state index contributed by atoms with van der Waals surface area (Å²) in [5, 5.41) is 0. The van der Waals surface area contributed by atoms with E-state index < -0.39 is 0 Å². The van der Waals surface area contributed by atoms with E-state index >= 15 is 0 Å². The highest BCUT2D eigenvalue weighted by atomic mass is 16.5. The Labute approximate surface area is 169 Å². The number of ether oxygens (including phenoxy) is 1. The molecule has 29 heavy (non-hydrogen) atoms. The fraction of sp³-hybridized carbons (Fsp3) is 0.550. The summed E-state index contributed by atoms with van der Waals surface area (Å²) in [6, 6.07) is 2.00. The zero-order valence-corrected chi connectivity index (χ0v) is 17.0. The van der Waals surface area contributed by atoms with Crippen molar-refractivity contribution in [3.8, 4) is 0 Å². The molecule has 3 aromatic rings. The van der Waals surface area contributed by atoms with Crippen molar-refractivity contribution in [3.05, 3.63) is 30.1 Å². The largest absolute Gasteiger partial charge is 0.376 e. The van der Waals surface area contributed by atoms with Gasteiger partial charge in [-0.1, -0.05) is 0 Å². The highest BCUT2D eigenvalue weighted by Crippen LogP contribution is 2.25. The third-order valence-corrected chi connectivity index (χ3v) is 5.64. The summed E-state index contributed by atoms with van der Waals surface area (Å²) in [4.78, 5) is 27.4. The van der Waals surface area contributed by atoms with E-state index in [1.165, 1.54) is 0 Å². The average molecular weight is 394 g/mol. The summed E-state index contributed by atoms with van der Waals surface area (Å²) in [6.45, 7) is 9.08. The molecule has 5 heterocycles. The fourth-order valence-corrected chi connectivity index (χ4v) is 4.21. The van der Waals surface area contributed by atoms with Gasteiger partial charge in [0, 0.05) is 44.2 Å². The molecule has 2 aliphatic rings. The van der Waals surface area contributed by atoms with E-state index in [0.717, 1.165) is 86.5 Å². The maximum absolute atomic E-state index is 5.77. The maximum atomic E-state index is 5.77. The van der Waals surface area contributed by atoms with Crippen LogP contribution < -0.4 is 9.80 Å².